The molecule has 0 saturated heterocycles. The van der Waals surface area contributed by atoms with E-state index in [2.05, 4.69) is 41.8 Å². The summed E-state index contributed by atoms with van der Waals surface area (Å²) >= 11 is 0. The fourth-order valence-electron chi connectivity index (χ4n) is 2.24. The van der Waals surface area contributed by atoms with Crippen LogP contribution in [0.2, 0.25) is 0 Å². The highest BCUT2D eigenvalue weighted by Crippen LogP contribution is 2.28. The van der Waals surface area contributed by atoms with Gasteiger partial charge in [-0.1, -0.05) is 37.6 Å². The third-order valence-electron chi connectivity index (χ3n) is 3.41. The summed E-state index contributed by atoms with van der Waals surface area (Å²) in [6.07, 6.45) is 3.38. The van der Waals surface area contributed by atoms with Gasteiger partial charge in [-0.3, -0.25) is 0 Å². The van der Waals surface area contributed by atoms with Crippen molar-refractivity contribution in [1.29, 1.82) is 0 Å². The van der Waals surface area contributed by atoms with E-state index in [4.69, 9.17) is 0 Å². The van der Waals surface area contributed by atoms with Crippen LogP contribution in [-0.4, -0.2) is 15.0 Å². The van der Waals surface area contributed by atoms with E-state index < -0.39 is 0 Å². The van der Waals surface area contributed by atoms with Gasteiger partial charge in [-0.05, 0) is 31.9 Å². The van der Waals surface area contributed by atoms with Crippen LogP contribution in [0, 0.1) is 0 Å². The first-order valence-corrected chi connectivity index (χ1v) is 6.02. The van der Waals surface area contributed by atoms with Crippen LogP contribution in [0.1, 0.15) is 40.0 Å². The standard InChI is InChI=1S/C13H19N3/c1-4-10-13(3,5-2)16-12-9-7-6-8-11(12)14-15-16/h6-9H,4-5,10H2,1-3H3. The quantitative estimate of drug-likeness (QED) is 0.786. The molecule has 16 heavy (non-hydrogen) atoms. The predicted molar refractivity (Wildman–Crippen MR) is 66.4 cm³/mol. The lowest BCUT2D eigenvalue weighted by Crippen LogP contribution is -2.30. The van der Waals surface area contributed by atoms with Crippen LogP contribution in [0.3, 0.4) is 0 Å². The average molecular weight is 217 g/mol. The summed E-state index contributed by atoms with van der Waals surface area (Å²) in [7, 11) is 0. The van der Waals surface area contributed by atoms with Crippen molar-refractivity contribution in [3.63, 3.8) is 0 Å². The summed E-state index contributed by atoms with van der Waals surface area (Å²) in [4.78, 5) is 0. The second kappa shape index (κ2) is 4.24. The maximum absolute atomic E-state index is 4.32. The molecule has 0 spiro atoms. The van der Waals surface area contributed by atoms with E-state index in [9.17, 15) is 0 Å². The van der Waals surface area contributed by atoms with E-state index in [1.54, 1.807) is 0 Å². The summed E-state index contributed by atoms with van der Waals surface area (Å²) in [6.45, 7) is 6.69. The number of hydrogen-bond donors (Lipinski definition) is 0. The first-order chi connectivity index (χ1) is 7.71. The Morgan fingerprint density at radius 3 is 2.69 bits per heavy atom. The average Bonchev–Trinajstić information content (AvgIpc) is 2.73. The van der Waals surface area contributed by atoms with Gasteiger partial charge < -0.3 is 0 Å². The van der Waals surface area contributed by atoms with Crippen molar-refractivity contribution in [2.24, 2.45) is 0 Å². The number of nitrogens with zero attached hydrogens (tertiary/aromatic N) is 3. The topological polar surface area (TPSA) is 30.7 Å². The second-order valence-electron chi connectivity index (χ2n) is 4.59. The molecule has 2 aromatic rings. The minimum atomic E-state index is 0.0881. The van der Waals surface area contributed by atoms with Crippen LogP contribution in [0.4, 0.5) is 0 Å². The van der Waals surface area contributed by atoms with Gasteiger partial charge in [-0.25, -0.2) is 4.68 Å². The van der Waals surface area contributed by atoms with Crippen LogP contribution in [0.25, 0.3) is 11.0 Å². The predicted octanol–water partition coefficient (Wildman–Crippen LogP) is 3.36. The van der Waals surface area contributed by atoms with Crippen LogP contribution in [-0.2, 0) is 5.54 Å². The minimum Gasteiger partial charge on any atom is -0.239 e. The van der Waals surface area contributed by atoms with Gasteiger partial charge in [0.2, 0.25) is 0 Å². The molecule has 1 aromatic carbocycles. The van der Waals surface area contributed by atoms with E-state index in [0.717, 1.165) is 23.9 Å². The summed E-state index contributed by atoms with van der Waals surface area (Å²) in [6, 6.07) is 8.16. The molecule has 0 saturated carbocycles. The lowest BCUT2D eigenvalue weighted by Gasteiger charge is -2.28. The van der Waals surface area contributed by atoms with Crippen molar-refractivity contribution in [2.45, 2.75) is 45.6 Å². The van der Waals surface area contributed by atoms with E-state index in [1.165, 1.54) is 6.42 Å². The van der Waals surface area contributed by atoms with Crippen molar-refractivity contribution in [3.8, 4) is 0 Å². The van der Waals surface area contributed by atoms with Gasteiger partial charge in [0.25, 0.3) is 0 Å². The molecule has 0 bridgehead atoms. The zero-order valence-corrected chi connectivity index (χ0v) is 10.3. The van der Waals surface area contributed by atoms with E-state index in [1.807, 2.05) is 18.2 Å². The Morgan fingerprint density at radius 2 is 2.00 bits per heavy atom. The normalized spacial score (nSPS) is 15.2. The Labute approximate surface area is 96.5 Å². The molecule has 1 heterocycles. The molecule has 86 valence electrons. The maximum atomic E-state index is 4.32. The van der Waals surface area contributed by atoms with E-state index >= 15 is 0 Å². The summed E-state index contributed by atoms with van der Waals surface area (Å²) in [5.41, 5.74) is 2.21. The summed E-state index contributed by atoms with van der Waals surface area (Å²) in [5.74, 6) is 0. The fourth-order valence-corrected chi connectivity index (χ4v) is 2.24. The number of fused-ring (bicyclic) bond motifs is 1. The van der Waals surface area contributed by atoms with Gasteiger partial charge in [-0.15, -0.1) is 5.10 Å². The molecule has 1 atom stereocenters. The lowest BCUT2D eigenvalue weighted by atomic mass is 9.93. The Balaban J connectivity index is 2.53. The van der Waals surface area contributed by atoms with Gasteiger partial charge in [0.15, 0.2) is 0 Å². The highest BCUT2D eigenvalue weighted by molar-refractivity contribution is 5.74. The van der Waals surface area contributed by atoms with E-state index in [-0.39, 0.29) is 5.54 Å². The Hall–Kier alpha value is -1.38. The molecule has 1 aromatic heterocycles. The first kappa shape index (κ1) is 11.1. The molecule has 1 unspecified atom stereocenters. The van der Waals surface area contributed by atoms with Crippen molar-refractivity contribution < 1.29 is 0 Å². The third kappa shape index (κ3) is 1.70. The number of rotatable bonds is 4. The SMILES string of the molecule is CCCC(C)(CC)n1nnc2ccccc21. The van der Waals surface area contributed by atoms with E-state index in [0.29, 0.717) is 0 Å². The Kier molecular flexibility index (Phi) is 2.95. The molecule has 3 heteroatoms. The molecule has 3 nitrogen and oxygen atoms in total. The summed E-state index contributed by atoms with van der Waals surface area (Å²) in [5, 5.41) is 8.55. The molecule has 2 rings (SSSR count). The zero-order chi connectivity index (χ0) is 11.6. The number of benzene rings is 1. The molecule has 0 N–H and O–H groups in total. The van der Waals surface area contributed by atoms with Gasteiger partial charge in [0.05, 0.1) is 11.1 Å². The van der Waals surface area contributed by atoms with Crippen molar-refractivity contribution >= 4 is 11.0 Å². The molecule has 0 amide bonds. The number of aromatic nitrogens is 3. The van der Waals surface area contributed by atoms with Gasteiger partial charge in [-0.2, -0.15) is 0 Å². The van der Waals surface area contributed by atoms with Crippen molar-refractivity contribution in [1.82, 2.24) is 15.0 Å². The molecule has 0 fully saturated rings. The smallest absolute Gasteiger partial charge is 0.113 e. The Morgan fingerprint density at radius 1 is 1.25 bits per heavy atom. The zero-order valence-electron chi connectivity index (χ0n) is 10.3. The molecule has 0 aliphatic heterocycles. The van der Waals surface area contributed by atoms with Crippen molar-refractivity contribution in [2.75, 3.05) is 0 Å². The molecular weight excluding hydrogens is 198 g/mol. The molecular formula is C13H19N3. The maximum Gasteiger partial charge on any atom is 0.113 e. The lowest BCUT2D eigenvalue weighted by molar-refractivity contribution is 0.255. The first-order valence-electron chi connectivity index (χ1n) is 6.02. The van der Waals surface area contributed by atoms with Crippen LogP contribution in [0.5, 0.6) is 0 Å². The van der Waals surface area contributed by atoms with Crippen LogP contribution in [0.15, 0.2) is 24.3 Å². The number of hydrogen-bond acceptors (Lipinski definition) is 2. The highest BCUT2D eigenvalue weighted by atomic mass is 15.5. The largest absolute Gasteiger partial charge is 0.239 e. The Bertz CT molecular complexity index is 475. The van der Waals surface area contributed by atoms with Gasteiger partial charge >= 0.3 is 0 Å². The second-order valence-corrected chi connectivity index (χ2v) is 4.59. The summed E-state index contributed by atoms with van der Waals surface area (Å²) < 4.78 is 2.09. The monoisotopic (exact) mass is 217 g/mol. The number of para-hydroxylation sites is 1. The molecule has 0 aliphatic rings. The molecule has 0 aliphatic carbocycles. The minimum absolute atomic E-state index is 0.0881. The van der Waals surface area contributed by atoms with Crippen LogP contribution < -0.4 is 0 Å². The van der Waals surface area contributed by atoms with Gasteiger partial charge in [0, 0.05) is 0 Å². The van der Waals surface area contributed by atoms with Crippen LogP contribution >= 0.6 is 0 Å². The highest BCUT2D eigenvalue weighted by Gasteiger charge is 2.26. The molecule has 0 radical (unpaired) electrons. The van der Waals surface area contributed by atoms with Crippen molar-refractivity contribution in [3.05, 3.63) is 24.3 Å². The fraction of sp³-hybridized carbons (Fsp3) is 0.538. The third-order valence-corrected chi connectivity index (χ3v) is 3.41. The van der Waals surface area contributed by atoms with Gasteiger partial charge in [0.1, 0.15) is 5.52 Å².